The van der Waals surface area contributed by atoms with Gasteiger partial charge in [0, 0.05) is 17.7 Å². The molecule has 4 rings (SSSR count). The van der Waals surface area contributed by atoms with E-state index in [1.165, 1.54) is 0 Å². The zero-order chi connectivity index (χ0) is 23.7. The van der Waals surface area contributed by atoms with Gasteiger partial charge in [-0.1, -0.05) is 60.5 Å². The average molecular weight is 484 g/mol. The maximum Gasteiger partial charge on any atom is 0.349 e. The Balaban J connectivity index is 1.69. The molecule has 0 aliphatic rings. The van der Waals surface area contributed by atoms with Gasteiger partial charge in [0.15, 0.2) is 11.4 Å². The van der Waals surface area contributed by atoms with Gasteiger partial charge in [0.1, 0.15) is 11.3 Å². The van der Waals surface area contributed by atoms with Crippen molar-refractivity contribution in [1.82, 2.24) is 14.5 Å². The molecular formula is C25H23Cl2N3O3. The molecule has 1 atom stereocenters. The fraction of sp³-hybridized carbons (Fsp3) is 0.240. The molecule has 0 spiro atoms. The molecule has 2 aromatic heterocycles. The molecule has 0 saturated heterocycles. The molecular weight excluding hydrogens is 461 g/mol. The third-order valence-corrected chi connectivity index (χ3v) is 5.94. The molecule has 2 aromatic carbocycles. The van der Waals surface area contributed by atoms with Crippen molar-refractivity contribution in [3.63, 3.8) is 0 Å². The van der Waals surface area contributed by atoms with E-state index in [4.69, 9.17) is 37.9 Å². The Morgan fingerprint density at radius 3 is 2.36 bits per heavy atom. The van der Waals surface area contributed by atoms with Gasteiger partial charge in [-0.15, -0.1) is 0 Å². The Kier molecular flexibility index (Phi) is 6.58. The average Bonchev–Trinajstić information content (AvgIpc) is 3.11. The molecule has 4 aromatic rings. The van der Waals surface area contributed by atoms with Crippen LogP contribution in [0.25, 0.3) is 11.2 Å². The molecule has 0 bridgehead atoms. The molecule has 0 saturated carbocycles. The molecule has 0 aliphatic carbocycles. The number of hydrogen-bond acceptors (Lipinski definition) is 4. The van der Waals surface area contributed by atoms with Crippen LogP contribution in [0.15, 0.2) is 48.5 Å². The number of pyridine rings is 1. The molecule has 0 fully saturated rings. The molecule has 1 unspecified atom stereocenters. The van der Waals surface area contributed by atoms with E-state index in [2.05, 4.69) is 4.57 Å². The number of carbonyl (C=O) groups is 1. The zero-order valence-corrected chi connectivity index (χ0v) is 20.0. The Morgan fingerprint density at radius 2 is 1.76 bits per heavy atom. The highest BCUT2D eigenvalue weighted by Gasteiger charge is 2.25. The lowest BCUT2D eigenvalue weighted by Crippen LogP contribution is -2.18. The lowest BCUT2D eigenvalue weighted by atomic mass is 10.1. The van der Waals surface area contributed by atoms with Crippen LogP contribution in [0.5, 0.6) is 5.75 Å². The minimum absolute atomic E-state index is 0.134. The Hall–Kier alpha value is -3.09. The Morgan fingerprint density at radius 1 is 1.09 bits per heavy atom. The van der Waals surface area contributed by atoms with Crippen LogP contribution < -0.4 is 4.74 Å². The summed E-state index contributed by atoms with van der Waals surface area (Å²) in [7, 11) is 0. The van der Waals surface area contributed by atoms with Crippen LogP contribution in [0.1, 0.15) is 41.2 Å². The highest BCUT2D eigenvalue weighted by atomic mass is 35.5. The number of fused-ring (bicyclic) bond motifs is 1. The minimum atomic E-state index is -1.23. The quantitative estimate of drug-likeness (QED) is 0.340. The zero-order valence-electron chi connectivity index (χ0n) is 18.5. The summed E-state index contributed by atoms with van der Waals surface area (Å²) in [6.07, 6.45) is -0.485. The second-order valence-electron chi connectivity index (χ2n) is 7.86. The molecule has 8 heteroatoms. The van der Waals surface area contributed by atoms with Crippen molar-refractivity contribution in [1.29, 1.82) is 0 Å². The monoisotopic (exact) mass is 483 g/mol. The highest BCUT2D eigenvalue weighted by Crippen LogP contribution is 2.38. The van der Waals surface area contributed by atoms with Gasteiger partial charge < -0.3 is 14.4 Å². The van der Waals surface area contributed by atoms with Gasteiger partial charge in [-0.05, 0) is 43.2 Å². The third-order valence-electron chi connectivity index (χ3n) is 5.38. The summed E-state index contributed by atoms with van der Waals surface area (Å²) in [5, 5.41) is 10.1. The number of hydrogen-bond donors (Lipinski definition) is 1. The van der Waals surface area contributed by atoms with Crippen molar-refractivity contribution in [3.8, 4) is 5.75 Å². The van der Waals surface area contributed by atoms with Crippen molar-refractivity contribution in [3.05, 3.63) is 86.8 Å². The van der Waals surface area contributed by atoms with Crippen molar-refractivity contribution in [2.75, 3.05) is 0 Å². The number of carboxylic acid groups (broad SMARTS) is 1. The van der Waals surface area contributed by atoms with E-state index in [0.717, 1.165) is 40.2 Å². The van der Waals surface area contributed by atoms with Crippen molar-refractivity contribution in [2.45, 2.75) is 39.8 Å². The first-order valence-electron chi connectivity index (χ1n) is 10.5. The van der Waals surface area contributed by atoms with E-state index in [1.54, 1.807) is 42.5 Å². The summed E-state index contributed by atoms with van der Waals surface area (Å²) in [6, 6.07) is 14.2. The largest absolute Gasteiger partial charge is 0.478 e. The van der Waals surface area contributed by atoms with Crippen molar-refractivity contribution in [2.24, 2.45) is 0 Å². The fourth-order valence-electron chi connectivity index (χ4n) is 3.89. The summed E-state index contributed by atoms with van der Waals surface area (Å²) < 4.78 is 7.82. The summed E-state index contributed by atoms with van der Waals surface area (Å²) in [6.45, 7) is 6.50. The van der Waals surface area contributed by atoms with Crippen LogP contribution in [-0.2, 0) is 17.8 Å². The van der Waals surface area contributed by atoms with Crippen molar-refractivity contribution >= 4 is 40.3 Å². The van der Waals surface area contributed by atoms with Crippen molar-refractivity contribution < 1.29 is 14.6 Å². The fourth-order valence-corrected chi connectivity index (χ4v) is 4.51. The van der Waals surface area contributed by atoms with Crippen LogP contribution in [0.3, 0.4) is 0 Å². The Bertz CT molecular complexity index is 1310. The summed E-state index contributed by atoms with van der Waals surface area (Å²) in [4.78, 5) is 21.3. The van der Waals surface area contributed by atoms with Crippen LogP contribution in [-0.4, -0.2) is 25.6 Å². The van der Waals surface area contributed by atoms with E-state index in [-0.39, 0.29) is 15.8 Å². The number of imidazole rings is 1. The first-order valence-corrected chi connectivity index (χ1v) is 11.3. The van der Waals surface area contributed by atoms with E-state index in [1.807, 2.05) is 26.8 Å². The third kappa shape index (κ3) is 4.68. The number of aryl methyl sites for hydroxylation is 3. The maximum absolute atomic E-state index is 11.8. The molecule has 0 aliphatic heterocycles. The number of carboxylic acids is 1. The van der Waals surface area contributed by atoms with Crippen LogP contribution in [0.4, 0.5) is 0 Å². The number of ether oxygens (including phenoxy) is 1. The van der Waals surface area contributed by atoms with E-state index < -0.39 is 12.1 Å². The van der Waals surface area contributed by atoms with Gasteiger partial charge >= 0.3 is 5.97 Å². The lowest BCUT2D eigenvalue weighted by molar-refractivity contribution is -0.145. The van der Waals surface area contributed by atoms with E-state index >= 15 is 0 Å². The number of aromatic nitrogens is 3. The van der Waals surface area contributed by atoms with Crippen LogP contribution in [0.2, 0.25) is 10.0 Å². The van der Waals surface area contributed by atoms with Gasteiger partial charge in [0.05, 0.1) is 16.6 Å². The number of nitrogens with zero attached hydrogens (tertiary/aromatic N) is 3. The van der Waals surface area contributed by atoms with Gasteiger partial charge in [-0.3, -0.25) is 0 Å². The molecule has 6 nitrogen and oxygen atoms in total. The maximum atomic E-state index is 11.8. The minimum Gasteiger partial charge on any atom is -0.478 e. The smallest absolute Gasteiger partial charge is 0.349 e. The second-order valence-corrected chi connectivity index (χ2v) is 8.67. The molecule has 0 radical (unpaired) electrons. The lowest BCUT2D eigenvalue weighted by Gasteiger charge is -2.18. The predicted molar refractivity (Wildman–Crippen MR) is 129 cm³/mol. The van der Waals surface area contributed by atoms with E-state index in [9.17, 15) is 9.90 Å². The molecule has 2 heterocycles. The van der Waals surface area contributed by atoms with E-state index in [0.29, 0.717) is 12.1 Å². The topological polar surface area (TPSA) is 77.2 Å². The van der Waals surface area contributed by atoms with Crippen LogP contribution >= 0.6 is 23.2 Å². The number of rotatable bonds is 7. The molecule has 0 amide bonds. The predicted octanol–water partition coefficient (Wildman–Crippen LogP) is 6.17. The second kappa shape index (κ2) is 9.41. The van der Waals surface area contributed by atoms with Gasteiger partial charge in [-0.2, -0.15) is 0 Å². The SMILES string of the molecule is CCc1nc2c(C)cc(C)nc2n1Cc1cc(Cl)c(OC(C(=O)O)c2ccccc2)c(Cl)c1. The summed E-state index contributed by atoms with van der Waals surface area (Å²) in [5.74, 6) is -0.0881. The first-order chi connectivity index (χ1) is 15.8. The van der Waals surface area contributed by atoms with Crippen LogP contribution in [0, 0.1) is 13.8 Å². The van der Waals surface area contributed by atoms with Gasteiger partial charge in [-0.25, -0.2) is 14.8 Å². The number of benzene rings is 2. The molecule has 33 heavy (non-hydrogen) atoms. The van der Waals surface area contributed by atoms with Gasteiger partial charge in [0.2, 0.25) is 6.10 Å². The number of aliphatic carboxylic acids is 1. The molecule has 1 N–H and O–H groups in total. The Labute approximate surface area is 201 Å². The first kappa shape index (κ1) is 23.1. The normalized spacial score (nSPS) is 12.2. The standard InChI is InChI=1S/C25H23Cl2N3O3/c1-4-20-29-21-14(2)10-15(3)28-24(21)30(20)13-16-11-18(26)23(19(27)12-16)33-22(25(31)32)17-8-6-5-7-9-17/h5-12,22H,4,13H2,1-3H3,(H,31,32). The van der Waals surface area contributed by atoms with Gasteiger partial charge in [0.25, 0.3) is 0 Å². The summed E-state index contributed by atoms with van der Waals surface area (Å²) >= 11 is 13.0. The summed E-state index contributed by atoms with van der Waals surface area (Å²) in [5.41, 5.74) is 5.01. The highest BCUT2D eigenvalue weighted by molar-refractivity contribution is 6.37. The number of halogens is 2. The molecule has 170 valence electrons.